The molecule has 2 aromatic rings. The first-order valence-corrected chi connectivity index (χ1v) is 7.41. The maximum absolute atomic E-state index is 12.1. The fourth-order valence-electron chi connectivity index (χ4n) is 2.44. The third kappa shape index (κ3) is 3.24. The summed E-state index contributed by atoms with van der Waals surface area (Å²) >= 11 is 0. The lowest BCUT2D eigenvalue weighted by molar-refractivity contribution is 0.0949. The van der Waals surface area contributed by atoms with Crippen molar-refractivity contribution in [1.82, 2.24) is 15.5 Å². The second-order valence-corrected chi connectivity index (χ2v) is 5.52. The van der Waals surface area contributed by atoms with E-state index in [1.165, 1.54) is 5.56 Å². The minimum absolute atomic E-state index is 0.191. The molecular formula is C16H20N4O. The second kappa shape index (κ2) is 5.99. The smallest absolute Gasteiger partial charge is 0.273 e. The van der Waals surface area contributed by atoms with Gasteiger partial charge in [-0.2, -0.15) is 5.10 Å². The number of nitrogen functional groups attached to an aromatic ring is 1. The van der Waals surface area contributed by atoms with E-state index in [0.717, 1.165) is 31.4 Å². The van der Waals surface area contributed by atoms with Crippen LogP contribution in [0.2, 0.25) is 0 Å². The van der Waals surface area contributed by atoms with Crippen molar-refractivity contribution in [1.29, 1.82) is 0 Å². The van der Waals surface area contributed by atoms with Crippen molar-refractivity contribution in [3.05, 3.63) is 47.3 Å². The Morgan fingerprint density at radius 1 is 1.33 bits per heavy atom. The second-order valence-electron chi connectivity index (χ2n) is 5.52. The van der Waals surface area contributed by atoms with Crippen LogP contribution in [0.4, 0.5) is 5.69 Å². The molecule has 5 heteroatoms. The lowest BCUT2D eigenvalue weighted by Crippen LogP contribution is -2.26. The number of amides is 1. The topological polar surface area (TPSA) is 83.8 Å². The van der Waals surface area contributed by atoms with Gasteiger partial charge in [0.25, 0.3) is 5.91 Å². The Balaban J connectivity index is 1.48. The van der Waals surface area contributed by atoms with Crippen LogP contribution in [0.1, 0.15) is 46.9 Å². The zero-order valence-corrected chi connectivity index (χ0v) is 11.9. The van der Waals surface area contributed by atoms with Crippen LogP contribution in [-0.2, 0) is 6.42 Å². The molecule has 4 N–H and O–H groups in total. The van der Waals surface area contributed by atoms with E-state index in [1.807, 2.05) is 18.2 Å². The van der Waals surface area contributed by atoms with Crippen LogP contribution in [0.5, 0.6) is 0 Å². The average molecular weight is 284 g/mol. The van der Waals surface area contributed by atoms with Crippen LogP contribution in [-0.4, -0.2) is 22.6 Å². The third-order valence-electron chi connectivity index (χ3n) is 3.80. The van der Waals surface area contributed by atoms with E-state index in [2.05, 4.69) is 27.6 Å². The summed E-state index contributed by atoms with van der Waals surface area (Å²) in [5, 5.41) is 9.83. The zero-order chi connectivity index (χ0) is 14.7. The quantitative estimate of drug-likeness (QED) is 0.711. The summed E-state index contributed by atoms with van der Waals surface area (Å²) in [6.45, 7) is 0.624. The van der Waals surface area contributed by atoms with Gasteiger partial charge >= 0.3 is 0 Å². The predicted molar refractivity (Wildman–Crippen MR) is 82.1 cm³/mol. The van der Waals surface area contributed by atoms with Crippen molar-refractivity contribution < 1.29 is 4.79 Å². The summed E-state index contributed by atoms with van der Waals surface area (Å²) in [6.07, 6.45) is 4.11. The fraction of sp³-hybridized carbons (Fsp3) is 0.375. The van der Waals surface area contributed by atoms with Crippen molar-refractivity contribution in [2.24, 2.45) is 0 Å². The molecule has 110 valence electrons. The molecule has 1 aliphatic rings. The number of anilines is 1. The molecule has 3 rings (SSSR count). The number of nitrogens with zero attached hydrogens (tertiary/aromatic N) is 1. The Hall–Kier alpha value is -2.30. The number of nitrogens with one attached hydrogen (secondary N) is 2. The van der Waals surface area contributed by atoms with E-state index in [4.69, 9.17) is 5.73 Å². The SMILES string of the molecule is Nc1c(C(=O)NCCCc2ccccc2)n[nH]c1C1CC1. The Bertz CT molecular complexity index is 616. The Morgan fingerprint density at radius 3 is 2.81 bits per heavy atom. The van der Waals surface area contributed by atoms with Gasteiger partial charge in [-0.1, -0.05) is 30.3 Å². The third-order valence-corrected chi connectivity index (χ3v) is 3.80. The molecule has 1 aromatic carbocycles. The highest BCUT2D eigenvalue weighted by Gasteiger charge is 2.30. The summed E-state index contributed by atoms with van der Waals surface area (Å²) in [7, 11) is 0. The minimum atomic E-state index is -0.191. The summed E-state index contributed by atoms with van der Waals surface area (Å²) in [5.41, 5.74) is 9.03. The molecule has 1 amide bonds. The molecule has 0 spiro atoms. The van der Waals surface area contributed by atoms with Gasteiger partial charge in [-0.05, 0) is 31.2 Å². The van der Waals surface area contributed by atoms with Gasteiger partial charge in [-0.3, -0.25) is 9.89 Å². The molecule has 0 radical (unpaired) electrons. The Kier molecular flexibility index (Phi) is 3.90. The fourth-order valence-corrected chi connectivity index (χ4v) is 2.44. The van der Waals surface area contributed by atoms with Crippen molar-refractivity contribution >= 4 is 11.6 Å². The van der Waals surface area contributed by atoms with Crippen LogP contribution >= 0.6 is 0 Å². The molecular weight excluding hydrogens is 264 g/mol. The number of benzene rings is 1. The molecule has 1 aliphatic carbocycles. The first-order valence-electron chi connectivity index (χ1n) is 7.41. The number of rotatable bonds is 6. The number of carbonyl (C=O) groups excluding carboxylic acids is 1. The van der Waals surface area contributed by atoms with Crippen LogP contribution in [0.3, 0.4) is 0 Å². The highest BCUT2D eigenvalue weighted by Crippen LogP contribution is 2.42. The van der Waals surface area contributed by atoms with Crippen molar-refractivity contribution in [3.8, 4) is 0 Å². The van der Waals surface area contributed by atoms with Gasteiger partial charge < -0.3 is 11.1 Å². The largest absolute Gasteiger partial charge is 0.395 e. The van der Waals surface area contributed by atoms with Gasteiger partial charge in [0.15, 0.2) is 5.69 Å². The summed E-state index contributed by atoms with van der Waals surface area (Å²) in [5.74, 6) is 0.279. The number of carbonyl (C=O) groups is 1. The molecule has 0 aliphatic heterocycles. The number of aromatic amines is 1. The van der Waals surface area contributed by atoms with Crippen LogP contribution in [0, 0.1) is 0 Å². The van der Waals surface area contributed by atoms with E-state index >= 15 is 0 Å². The predicted octanol–water partition coefficient (Wildman–Crippen LogP) is 2.23. The molecule has 0 unspecified atom stereocenters. The van der Waals surface area contributed by atoms with Crippen molar-refractivity contribution in [2.45, 2.75) is 31.6 Å². The zero-order valence-electron chi connectivity index (χ0n) is 11.9. The number of H-pyrrole nitrogens is 1. The molecule has 0 saturated heterocycles. The van der Waals surface area contributed by atoms with Gasteiger partial charge in [0.2, 0.25) is 0 Å². The summed E-state index contributed by atoms with van der Waals surface area (Å²) in [4.78, 5) is 12.1. The van der Waals surface area contributed by atoms with E-state index in [9.17, 15) is 4.79 Å². The number of hydrogen-bond donors (Lipinski definition) is 3. The van der Waals surface area contributed by atoms with Crippen LogP contribution in [0.15, 0.2) is 30.3 Å². The normalized spacial score (nSPS) is 14.1. The maximum atomic E-state index is 12.1. The molecule has 0 atom stereocenters. The van der Waals surface area contributed by atoms with Gasteiger partial charge in [0, 0.05) is 12.5 Å². The van der Waals surface area contributed by atoms with Crippen molar-refractivity contribution in [3.63, 3.8) is 0 Å². The highest BCUT2D eigenvalue weighted by atomic mass is 16.1. The first-order chi connectivity index (χ1) is 10.3. The van der Waals surface area contributed by atoms with Crippen LogP contribution < -0.4 is 11.1 Å². The van der Waals surface area contributed by atoms with Gasteiger partial charge in [0.05, 0.1) is 11.4 Å². The number of aryl methyl sites for hydroxylation is 1. The number of aromatic nitrogens is 2. The summed E-state index contributed by atoms with van der Waals surface area (Å²) < 4.78 is 0. The molecule has 0 bridgehead atoms. The highest BCUT2D eigenvalue weighted by molar-refractivity contribution is 5.97. The van der Waals surface area contributed by atoms with E-state index in [0.29, 0.717) is 23.8 Å². The molecule has 1 saturated carbocycles. The van der Waals surface area contributed by atoms with Crippen molar-refractivity contribution in [2.75, 3.05) is 12.3 Å². The molecule has 21 heavy (non-hydrogen) atoms. The number of nitrogens with two attached hydrogens (primary N) is 1. The first kappa shape index (κ1) is 13.7. The lowest BCUT2D eigenvalue weighted by Gasteiger charge is -2.04. The van der Waals surface area contributed by atoms with E-state index in [-0.39, 0.29) is 5.91 Å². The number of hydrogen-bond acceptors (Lipinski definition) is 3. The molecule has 5 nitrogen and oxygen atoms in total. The Morgan fingerprint density at radius 2 is 2.10 bits per heavy atom. The maximum Gasteiger partial charge on any atom is 0.273 e. The van der Waals surface area contributed by atoms with Gasteiger partial charge in [-0.15, -0.1) is 0 Å². The Labute approximate surface area is 123 Å². The van der Waals surface area contributed by atoms with Crippen LogP contribution in [0.25, 0.3) is 0 Å². The van der Waals surface area contributed by atoms with E-state index < -0.39 is 0 Å². The monoisotopic (exact) mass is 284 g/mol. The molecule has 1 aromatic heterocycles. The minimum Gasteiger partial charge on any atom is -0.395 e. The summed E-state index contributed by atoms with van der Waals surface area (Å²) in [6, 6.07) is 10.2. The average Bonchev–Trinajstić information content (AvgIpc) is 3.27. The van der Waals surface area contributed by atoms with E-state index in [1.54, 1.807) is 0 Å². The standard InChI is InChI=1S/C16H20N4O/c17-13-14(12-8-9-12)19-20-15(13)16(21)18-10-4-7-11-5-2-1-3-6-11/h1-3,5-6,12H,4,7-10,17H2,(H,18,21)(H,19,20). The molecule has 1 heterocycles. The molecule has 1 fully saturated rings. The lowest BCUT2D eigenvalue weighted by atomic mass is 10.1. The van der Waals surface area contributed by atoms with Gasteiger partial charge in [-0.25, -0.2) is 0 Å². The van der Waals surface area contributed by atoms with Gasteiger partial charge in [0.1, 0.15) is 0 Å².